The first-order valence-corrected chi connectivity index (χ1v) is 11.9. The first-order valence-electron chi connectivity index (χ1n) is 11.1. The Labute approximate surface area is 192 Å². The van der Waals surface area contributed by atoms with E-state index in [0.29, 0.717) is 6.61 Å². The molecule has 1 fully saturated rings. The number of benzene rings is 3. The van der Waals surface area contributed by atoms with Gasteiger partial charge in [-0.2, -0.15) is 0 Å². The van der Waals surface area contributed by atoms with Crippen LogP contribution in [0.5, 0.6) is 23.0 Å². The van der Waals surface area contributed by atoms with Crippen molar-refractivity contribution in [2.24, 2.45) is 0 Å². The highest BCUT2D eigenvalue weighted by atomic mass is 32.2. The van der Waals surface area contributed by atoms with Gasteiger partial charge in [0.25, 0.3) is 0 Å². The van der Waals surface area contributed by atoms with E-state index in [0.717, 1.165) is 34.1 Å². The Balaban J connectivity index is 1.35. The molecule has 3 aromatic carbocycles. The predicted octanol–water partition coefficient (Wildman–Crippen LogP) is 5.54. The van der Waals surface area contributed by atoms with Crippen LogP contribution in [0, 0.1) is 0 Å². The Hall–Kier alpha value is -2.83. The monoisotopic (exact) mass is 449 g/mol. The summed E-state index contributed by atoms with van der Waals surface area (Å²) in [5.41, 5.74) is 2.11. The first-order chi connectivity index (χ1) is 15.7. The molecule has 5 nitrogen and oxygen atoms in total. The summed E-state index contributed by atoms with van der Waals surface area (Å²) in [5.74, 6) is 2.08. The van der Waals surface area contributed by atoms with Crippen LogP contribution in [0.4, 0.5) is 0 Å². The van der Waals surface area contributed by atoms with Crippen molar-refractivity contribution < 1.29 is 19.7 Å². The van der Waals surface area contributed by atoms with Crippen LogP contribution in [-0.4, -0.2) is 41.4 Å². The van der Waals surface area contributed by atoms with E-state index in [4.69, 9.17) is 9.47 Å². The van der Waals surface area contributed by atoms with Crippen LogP contribution < -0.4 is 9.47 Å². The largest absolute Gasteiger partial charge is 0.508 e. The molecular formula is C26H27NO4S. The third-order valence-corrected chi connectivity index (χ3v) is 7.36. The Kier molecular flexibility index (Phi) is 6.14. The van der Waals surface area contributed by atoms with Crippen molar-refractivity contribution >= 4 is 11.8 Å². The SMILES string of the molecule is Oc1ccc([C@H]2Sc3cc(O)ccc3O[C@H]2c2ccc(OCCN3CCCC3)cc2)cc1. The molecule has 6 heteroatoms. The zero-order valence-corrected chi connectivity index (χ0v) is 18.6. The summed E-state index contributed by atoms with van der Waals surface area (Å²) < 4.78 is 12.4. The van der Waals surface area contributed by atoms with Gasteiger partial charge in [-0.25, -0.2) is 0 Å². The van der Waals surface area contributed by atoms with Crippen LogP contribution in [0.3, 0.4) is 0 Å². The number of fused-ring (bicyclic) bond motifs is 1. The maximum atomic E-state index is 9.92. The fourth-order valence-electron chi connectivity index (χ4n) is 4.29. The van der Waals surface area contributed by atoms with E-state index >= 15 is 0 Å². The molecule has 2 aliphatic heterocycles. The second-order valence-corrected chi connectivity index (χ2v) is 9.45. The van der Waals surface area contributed by atoms with E-state index < -0.39 is 0 Å². The van der Waals surface area contributed by atoms with Gasteiger partial charge < -0.3 is 19.7 Å². The van der Waals surface area contributed by atoms with Crippen molar-refractivity contribution in [1.82, 2.24) is 4.90 Å². The lowest BCUT2D eigenvalue weighted by molar-refractivity contribution is 0.190. The van der Waals surface area contributed by atoms with Gasteiger partial charge in [0.1, 0.15) is 35.7 Å². The summed E-state index contributed by atoms with van der Waals surface area (Å²) in [6.45, 7) is 4.02. The number of phenolic OH excluding ortho intramolecular Hbond substituents is 2. The first kappa shape index (κ1) is 21.0. The van der Waals surface area contributed by atoms with Crippen LogP contribution in [0.1, 0.15) is 35.3 Å². The van der Waals surface area contributed by atoms with Crippen molar-refractivity contribution in [3.63, 3.8) is 0 Å². The maximum Gasteiger partial charge on any atom is 0.140 e. The number of aromatic hydroxyl groups is 2. The molecule has 0 spiro atoms. The lowest BCUT2D eigenvalue weighted by atomic mass is 10.00. The van der Waals surface area contributed by atoms with Gasteiger partial charge in [0.05, 0.1) is 10.1 Å². The molecular weight excluding hydrogens is 422 g/mol. The lowest BCUT2D eigenvalue weighted by Gasteiger charge is -2.34. The number of likely N-dealkylation sites (tertiary alicyclic amines) is 1. The average Bonchev–Trinajstić information content (AvgIpc) is 3.33. The van der Waals surface area contributed by atoms with Crippen LogP contribution in [0.25, 0.3) is 0 Å². The van der Waals surface area contributed by atoms with Crippen LogP contribution in [0.15, 0.2) is 71.6 Å². The molecule has 32 heavy (non-hydrogen) atoms. The van der Waals surface area contributed by atoms with Gasteiger partial charge in [-0.3, -0.25) is 4.90 Å². The minimum absolute atomic E-state index is 0.0214. The Morgan fingerprint density at radius 1 is 0.875 bits per heavy atom. The highest BCUT2D eigenvalue weighted by Gasteiger charge is 2.33. The second-order valence-electron chi connectivity index (χ2n) is 8.27. The molecule has 0 saturated carbocycles. The molecule has 0 bridgehead atoms. The van der Waals surface area contributed by atoms with E-state index in [9.17, 15) is 10.2 Å². The molecule has 1 saturated heterocycles. The molecule has 0 aliphatic carbocycles. The summed E-state index contributed by atoms with van der Waals surface area (Å²) in [6, 6.07) is 20.6. The minimum atomic E-state index is -0.208. The molecule has 2 heterocycles. The summed E-state index contributed by atoms with van der Waals surface area (Å²) >= 11 is 1.66. The molecule has 0 unspecified atom stereocenters. The number of nitrogens with zero attached hydrogens (tertiary/aromatic N) is 1. The molecule has 3 aromatic rings. The molecule has 166 valence electrons. The standard InChI is InChI=1S/C26H27NO4S/c28-20-7-3-19(4-8-20)26-25(31-23-12-9-21(29)17-24(23)32-26)18-5-10-22(11-6-18)30-16-15-27-13-1-2-14-27/h3-12,17,25-26,28-29H,1-2,13-16H2/t25-,26+/m0/s1. The Bertz CT molecular complexity index is 1050. The molecule has 2 atom stereocenters. The van der Waals surface area contributed by atoms with E-state index in [-0.39, 0.29) is 22.9 Å². The lowest BCUT2D eigenvalue weighted by Crippen LogP contribution is -2.25. The number of rotatable bonds is 6. The number of hydrogen-bond acceptors (Lipinski definition) is 6. The molecule has 2 aliphatic rings. The number of phenols is 2. The maximum absolute atomic E-state index is 9.92. The van der Waals surface area contributed by atoms with Crippen molar-refractivity contribution in [3.8, 4) is 23.0 Å². The summed E-state index contributed by atoms with van der Waals surface area (Å²) in [6.07, 6.45) is 2.37. The van der Waals surface area contributed by atoms with Crippen LogP contribution in [-0.2, 0) is 0 Å². The predicted molar refractivity (Wildman–Crippen MR) is 126 cm³/mol. The van der Waals surface area contributed by atoms with Crippen molar-refractivity contribution in [2.75, 3.05) is 26.2 Å². The van der Waals surface area contributed by atoms with Gasteiger partial charge in [0, 0.05) is 6.54 Å². The molecule has 5 rings (SSSR count). The molecule has 0 aromatic heterocycles. The van der Waals surface area contributed by atoms with Gasteiger partial charge in [-0.05, 0) is 79.5 Å². The zero-order valence-electron chi connectivity index (χ0n) is 17.8. The van der Waals surface area contributed by atoms with Crippen molar-refractivity contribution in [3.05, 3.63) is 77.9 Å². The minimum Gasteiger partial charge on any atom is -0.508 e. The number of ether oxygens (including phenoxy) is 2. The van der Waals surface area contributed by atoms with Gasteiger partial charge in [0.15, 0.2) is 0 Å². The second kappa shape index (κ2) is 9.35. The van der Waals surface area contributed by atoms with E-state index in [1.165, 1.54) is 25.9 Å². The van der Waals surface area contributed by atoms with Crippen molar-refractivity contribution in [1.29, 1.82) is 0 Å². The van der Waals surface area contributed by atoms with E-state index in [2.05, 4.69) is 17.0 Å². The van der Waals surface area contributed by atoms with E-state index in [1.807, 2.05) is 30.3 Å². The normalized spacial score (nSPS) is 20.5. The Morgan fingerprint density at radius 3 is 2.31 bits per heavy atom. The fraction of sp³-hybridized carbons (Fsp3) is 0.308. The van der Waals surface area contributed by atoms with E-state index in [1.54, 1.807) is 36.0 Å². The van der Waals surface area contributed by atoms with Gasteiger partial charge in [-0.15, -0.1) is 11.8 Å². The average molecular weight is 450 g/mol. The highest BCUT2D eigenvalue weighted by Crippen LogP contribution is 2.54. The third kappa shape index (κ3) is 4.66. The van der Waals surface area contributed by atoms with Gasteiger partial charge >= 0.3 is 0 Å². The molecule has 0 radical (unpaired) electrons. The summed E-state index contributed by atoms with van der Waals surface area (Å²) in [7, 11) is 0. The molecule has 2 N–H and O–H groups in total. The summed E-state index contributed by atoms with van der Waals surface area (Å²) in [5, 5.41) is 19.6. The smallest absolute Gasteiger partial charge is 0.140 e. The number of hydrogen-bond donors (Lipinski definition) is 2. The van der Waals surface area contributed by atoms with Crippen LogP contribution >= 0.6 is 11.8 Å². The fourth-order valence-corrected chi connectivity index (χ4v) is 5.61. The molecule has 0 amide bonds. The topological polar surface area (TPSA) is 62.2 Å². The highest BCUT2D eigenvalue weighted by molar-refractivity contribution is 7.99. The van der Waals surface area contributed by atoms with Crippen molar-refractivity contribution in [2.45, 2.75) is 29.1 Å². The van der Waals surface area contributed by atoms with Gasteiger partial charge in [-0.1, -0.05) is 24.3 Å². The number of thioether (sulfide) groups is 1. The van der Waals surface area contributed by atoms with Crippen LogP contribution in [0.2, 0.25) is 0 Å². The van der Waals surface area contributed by atoms with Gasteiger partial charge in [0.2, 0.25) is 0 Å². The summed E-state index contributed by atoms with van der Waals surface area (Å²) in [4.78, 5) is 3.35. The zero-order chi connectivity index (χ0) is 21.9. The third-order valence-electron chi connectivity index (χ3n) is 6.02. The quantitative estimate of drug-likeness (QED) is 0.515. The Morgan fingerprint density at radius 2 is 1.56 bits per heavy atom.